The summed E-state index contributed by atoms with van der Waals surface area (Å²) in [6, 6.07) is 2.50. The van der Waals surface area contributed by atoms with Crippen molar-refractivity contribution in [1.82, 2.24) is 0 Å². The van der Waals surface area contributed by atoms with Crippen LogP contribution in [0.15, 0.2) is 18.2 Å². The van der Waals surface area contributed by atoms with Crippen LogP contribution in [0.5, 0.6) is 0 Å². The normalized spacial score (nSPS) is 11.2. The minimum atomic E-state index is -1.14. The first kappa shape index (κ1) is 10.6. The van der Waals surface area contributed by atoms with Crippen molar-refractivity contribution in [3.8, 4) is 6.07 Å². The third kappa shape index (κ3) is 2.06. The second-order valence-corrected chi connectivity index (χ2v) is 2.77. The highest BCUT2D eigenvalue weighted by molar-refractivity contribution is 6.49. The number of nitrogens with zero attached hydrogens (tertiary/aromatic N) is 1. The molecule has 0 radical (unpaired) electrons. The van der Waals surface area contributed by atoms with Gasteiger partial charge in [0.05, 0.1) is 16.7 Å². The molecule has 0 heterocycles. The third-order valence-corrected chi connectivity index (χ3v) is 1.74. The van der Waals surface area contributed by atoms with E-state index in [-0.39, 0.29) is 0 Å². The molecule has 0 amide bonds. The molecule has 1 nitrogen and oxygen atoms in total. The molecule has 0 N–H and O–H groups in total. The lowest BCUT2D eigenvalue weighted by atomic mass is 10.2. The van der Waals surface area contributed by atoms with Gasteiger partial charge in [-0.3, -0.25) is 0 Å². The summed E-state index contributed by atoms with van der Waals surface area (Å²) in [5.74, 6) is -3.32. The summed E-state index contributed by atoms with van der Waals surface area (Å²) in [6.45, 7) is 0. The fraction of sp³-hybridized carbons (Fsp3) is 0. The first-order chi connectivity index (χ1) is 6.56. The fourth-order valence-electron chi connectivity index (χ4n) is 0.899. The molecule has 0 unspecified atom stereocenters. The molecule has 0 bridgehead atoms. The van der Waals surface area contributed by atoms with Crippen molar-refractivity contribution in [3.63, 3.8) is 0 Å². The van der Waals surface area contributed by atoms with Crippen LogP contribution in [-0.2, 0) is 0 Å². The maximum atomic E-state index is 13.0. The van der Waals surface area contributed by atoms with Gasteiger partial charge in [0.2, 0.25) is 0 Å². The summed E-state index contributed by atoms with van der Waals surface area (Å²) >= 11 is 5.41. The molecule has 5 heteroatoms. The summed E-state index contributed by atoms with van der Waals surface area (Å²) in [6.07, 6.45) is 0.765. The van der Waals surface area contributed by atoms with Crippen molar-refractivity contribution in [1.29, 1.82) is 5.26 Å². The molecule has 0 spiro atoms. The van der Waals surface area contributed by atoms with Crippen LogP contribution in [0.4, 0.5) is 13.2 Å². The zero-order valence-electron chi connectivity index (χ0n) is 6.69. The van der Waals surface area contributed by atoms with Crippen LogP contribution in [0.2, 0.25) is 0 Å². The maximum absolute atomic E-state index is 13.0. The Morgan fingerprint density at radius 2 is 1.79 bits per heavy atom. The van der Waals surface area contributed by atoms with Crippen LogP contribution in [-0.4, -0.2) is 0 Å². The van der Waals surface area contributed by atoms with Crippen molar-refractivity contribution in [2.45, 2.75) is 0 Å². The van der Waals surface area contributed by atoms with Gasteiger partial charge in [0.25, 0.3) is 0 Å². The lowest BCUT2D eigenvalue weighted by Gasteiger charge is -2.02. The molecule has 0 aliphatic rings. The highest BCUT2D eigenvalue weighted by Crippen LogP contribution is 2.25. The Morgan fingerprint density at radius 3 is 2.21 bits per heavy atom. The first-order valence-corrected chi connectivity index (χ1v) is 3.84. The lowest BCUT2D eigenvalue weighted by molar-refractivity contribution is 0.540. The Morgan fingerprint density at radius 1 is 1.29 bits per heavy atom. The summed E-state index contributed by atoms with van der Waals surface area (Å²) < 4.78 is 38.4. The molecule has 1 aromatic rings. The number of hydrogen-bond acceptors (Lipinski definition) is 1. The van der Waals surface area contributed by atoms with Crippen molar-refractivity contribution in [2.75, 3.05) is 0 Å². The number of allylic oxidation sites excluding steroid dienone is 1. The predicted molar refractivity (Wildman–Crippen MR) is 45.8 cm³/mol. The Labute approximate surface area is 83.0 Å². The SMILES string of the molecule is N#CC=C(Cl)c1c(F)cc(F)cc1F. The summed E-state index contributed by atoms with van der Waals surface area (Å²) in [7, 11) is 0. The summed E-state index contributed by atoms with van der Waals surface area (Å²) in [5, 5.41) is 7.80. The Hall–Kier alpha value is -1.47. The van der Waals surface area contributed by atoms with Crippen LogP contribution in [0.1, 0.15) is 5.56 Å². The second-order valence-electron chi connectivity index (χ2n) is 2.37. The molecular weight excluding hydrogens is 215 g/mol. The van der Waals surface area contributed by atoms with E-state index >= 15 is 0 Å². The number of benzene rings is 1. The lowest BCUT2D eigenvalue weighted by Crippen LogP contribution is -1.93. The number of nitriles is 1. The van der Waals surface area contributed by atoms with E-state index in [1.165, 1.54) is 6.07 Å². The minimum Gasteiger partial charge on any atom is -0.207 e. The molecule has 0 fully saturated rings. The monoisotopic (exact) mass is 217 g/mol. The van der Waals surface area contributed by atoms with Gasteiger partial charge in [0, 0.05) is 18.2 Å². The van der Waals surface area contributed by atoms with Gasteiger partial charge in [-0.25, -0.2) is 13.2 Å². The summed E-state index contributed by atoms with van der Waals surface area (Å²) in [4.78, 5) is 0. The highest BCUT2D eigenvalue weighted by Gasteiger charge is 2.13. The standard InChI is InChI=1S/C9H3ClF3N/c10-6(1-2-14)9-7(12)3-5(11)4-8(9)13/h1,3-4H. The van der Waals surface area contributed by atoms with Crippen molar-refractivity contribution < 1.29 is 13.2 Å². The van der Waals surface area contributed by atoms with E-state index in [9.17, 15) is 13.2 Å². The third-order valence-electron chi connectivity index (χ3n) is 1.44. The second kappa shape index (κ2) is 4.16. The number of hydrogen-bond donors (Lipinski definition) is 0. The molecule has 0 saturated heterocycles. The summed E-state index contributed by atoms with van der Waals surface area (Å²) in [5.41, 5.74) is -0.602. The molecular formula is C9H3ClF3N. The van der Waals surface area contributed by atoms with Crippen molar-refractivity contribution in [3.05, 3.63) is 41.2 Å². The van der Waals surface area contributed by atoms with E-state index < -0.39 is 28.0 Å². The van der Waals surface area contributed by atoms with Crippen LogP contribution in [0.3, 0.4) is 0 Å². The molecule has 14 heavy (non-hydrogen) atoms. The van der Waals surface area contributed by atoms with Crippen molar-refractivity contribution >= 4 is 16.6 Å². The van der Waals surface area contributed by atoms with E-state index in [2.05, 4.69) is 0 Å². The van der Waals surface area contributed by atoms with E-state index in [4.69, 9.17) is 16.9 Å². The van der Waals surface area contributed by atoms with Gasteiger partial charge in [0.15, 0.2) is 0 Å². The highest BCUT2D eigenvalue weighted by atomic mass is 35.5. The van der Waals surface area contributed by atoms with Gasteiger partial charge in [0.1, 0.15) is 17.5 Å². The first-order valence-electron chi connectivity index (χ1n) is 3.46. The molecule has 0 aromatic heterocycles. The molecule has 1 rings (SSSR count). The fourth-order valence-corrected chi connectivity index (χ4v) is 1.13. The molecule has 0 saturated carbocycles. The Kier molecular flexibility index (Phi) is 3.15. The zero-order valence-corrected chi connectivity index (χ0v) is 7.45. The number of rotatable bonds is 1. The van der Waals surface area contributed by atoms with Gasteiger partial charge in [-0.1, -0.05) is 11.6 Å². The van der Waals surface area contributed by atoms with E-state index in [0.717, 1.165) is 6.08 Å². The van der Waals surface area contributed by atoms with E-state index in [0.29, 0.717) is 12.1 Å². The van der Waals surface area contributed by atoms with Gasteiger partial charge in [-0.05, 0) is 0 Å². The zero-order chi connectivity index (χ0) is 10.7. The molecule has 0 aliphatic heterocycles. The van der Waals surface area contributed by atoms with Gasteiger partial charge < -0.3 is 0 Å². The largest absolute Gasteiger partial charge is 0.207 e. The minimum absolute atomic E-state index is 0.400. The van der Waals surface area contributed by atoms with Crippen LogP contribution >= 0.6 is 11.6 Å². The average molecular weight is 218 g/mol. The van der Waals surface area contributed by atoms with E-state index in [1.54, 1.807) is 0 Å². The van der Waals surface area contributed by atoms with Gasteiger partial charge in [-0.2, -0.15) is 5.26 Å². The smallest absolute Gasteiger partial charge is 0.137 e. The van der Waals surface area contributed by atoms with Gasteiger partial charge >= 0.3 is 0 Å². The molecule has 0 atom stereocenters. The number of halogens is 4. The molecule has 1 aromatic carbocycles. The maximum Gasteiger partial charge on any atom is 0.137 e. The average Bonchev–Trinajstić information content (AvgIpc) is 2.01. The van der Waals surface area contributed by atoms with E-state index in [1.807, 2.05) is 0 Å². The Bertz CT molecular complexity index is 411. The molecule has 72 valence electrons. The Balaban J connectivity index is 3.37. The molecule has 0 aliphatic carbocycles. The van der Waals surface area contributed by atoms with Crippen LogP contribution < -0.4 is 0 Å². The van der Waals surface area contributed by atoms with Gasteiger partial charge in [-0.15, -0.1) is 0 Å². The van der Waals surface area contributed by atoms with Crippen LogP contribution in [0, 0.1) is 28.8 Å². The topological polar surface area (TPSA) is 23.8 Å². The predicted octanol–water partition coefficient (Wildman–Crippen LogP) is 3.21. The quantitative estimate of drug-likeness (QED) is 0.663. The van der Waals surface area contributed by atoms with Crippen molar-refractivity contribution in [2.24, 2.45) is 0 Å². The van der Waals surface area contributed by atoms with Crippen LogP contribution in [0.25, 0.3) is 5.03 Å².